The van der Waals surface area contributed by atoms with Gasteiger partial charge in [0, 0.05) is 19.4 Å². The van der Waals surface area contributed by atoms with Crippen LogP contribution in [0, 0.1) is 0 Å². The molecule has 0 bridgehead atoms. The number of benzene rings is 1. The van der Waals surface area contributed by atoms with E-state index in [-0.39, 0.29) is 24.1 Å². The van der Waals surface area contributed by atoms with E-state index >= 15 is 0 Å². The summed E-state index contributed by atoms with van der Waals surface area (Å²) < 4.78 is 6.78. The summed E-state index contributed by atoms with van der Waals surface area (Å²) in [6.45, 7) is 0.265. The third-order valence-corrected chi connectivity index (χ3v) is 5.13. The Morgan fingerprint density at radius 3 is 2.87 bits per heavy atom. The van der Waals surface area contributed by atoms with Crippen molar-refractivity contribution in [3.63, 3.8) is 0 Å². The molecule has 0 aliphatic rings. The van der Waals surface area contributed by atoms with Crippen molar-refractivity contribution >= 4 is 35.0 Å². The van der Waals surface area contributed by atoms with Crippen molar-refractivity contribution in [2.24, 2.45) is 0 Å². The molecular formula is C20H18N6O3S. The van der Waals surface area contributed by atoms with E-state index in [0.29, 0.717) is 27.9 Å². The minimum absolute atomic E-state index is 0.121. The SMILES string of the molecule is CN(C(=O)CSc1nc2ncccn2n1)c1ccccc1C(=O)NCc1ccco1. The quantitative estimate of drug-likeness (QED) is 0.456. The number of furan rings is 1. The Bertz CT molecular complexity index is 1140. The molecule has 0 spiro atoms. The molecule has 1 N–H and O–H groups in total. The van der Waals surface area contributed by atoms with Crippen LogP contribution in [0.3, 0.4) is 0 Å². The molecule has 4 rings (SSSR count). The number of hydrogen-bond donors (Lipinski definition) is 1. The first-order valence-electron chi connectivity index (χ1n) is 9.08. The van der Waals surface area contributed by atoms with Crippen LogP contribution in [0.5, 0.6) is 0 Å². The van der Waals surface area contributed by atoms with E-state index in [2.05, 4.69) is 20.4 Å². The molecule has 3 aromatic heterocycles. The molecule has 0 unspecified atom stereocenters. The number of fused-ring (bicyclic) bond motifs is 1. The smallest absolute Gasteiger partial charge is 0.253 e. The van der Waals surface area contributed by atoms with Gasteiger partial charge in [0.05, 0.1) is 29.8 Å². The largest absolute Gasteiger partial charge is 0.467 e. The number of carbonyl (C=O) groups is 2. The summed E-state index contributed by atoms with van der Waals surface area (Å²) >= 11 is 1.21. The maximum Gasteiger partial charge on any atom is 0.253 e. The number of thioether (sulfide) groups is 1. The van der Waals surface area contributed by atoms with Crippen LogP contribution in [-0.2, 0) is 11.3 Å². The van der Waals surface area contributed by atoms with E-state index in [1.165, 1.54) is 16.7 Å². The van der Waals surface area contributed by atoms with Crippen LogP contribution in [0.25, 0.3) is 5.78 Å². The molecule has 0 saturated carbocycles. The number of carbonyl (C=O) groups excluding carboxylic acids is 2. The Kier molecular flexibility index (Phi) is 5.75. The molecule has 2 amide bonds. The van der Waals surface area contributed by atoms with Gasteiger partial charge in [-0.1, -0.05) is 23.9 Å². The number of para-hydroxylation sites is 1. The van der Waals surface area contributed by atoms with Crippen molar-refractivity contribution in [1.29, 1.82) is 0 Å². The molecule has 4 aromatic rings. The lowest BCUT2D eigenvalue weighted by molar-refractivity contribution is -0.115. The second-order valence-electron chi connectivity index (χ2n) is 6.28. The van der Waals surface area contributed by atoms with E-state index < -0.39 is 0 Å². The summed E-state index contributed by atoms with van der Waals surface area (Å²) in [7, 11) is 1.64. The minimum Gasteiger partial charge on any atom is -0.467 e. The number of nitrogens with one attached hydrogen (secondary N) is 1. The molecule has 0 aliphatic carbocycles. The van der Waals surface area contributed by atoms with Crippen LogP contribution >= 0.6 is 11.8 Å². The highest BCUT2D eigenvalue weighted by Gasteiger charge is 2.19. The molecule has 3 heterocycles. The summed E-state index contributed by atoms with van der Waals surface area (Å²) in [5.74, 6) is 0.770. The number of hydrogen-bond acceptors (Lipinski definition) is 7. The molecule has 9 nitrogen and oxygen atoms in total. The molecule has 0 fully saturated rings. The molecule has 30 heavy (non-hydrogen) atoms. The van der Waals surface area contributed by atoms with Gasteiger partial charge in [-0.15, -0.1) is 5.10 Å². The fourth-order valence-corrected chi connectivity index (χ4v) is 3.50. The number of rotatable bonds is 7. The van der Waals surface area contributed by atoms with Crippen molar-refractivity contribution in [3.05, 3.63) is 72.4 Å². The third-order valence-electron chi connectivity index (χ3n) is 4.31. The lowest BCUT2D eigenvalue weighted by atomic mass is 10.1. The molecule has 0 atom stereocenters. The number of aromatic nitrogens is 4. The maximum atomic E-state index is 12.7. The number of amides is 2. The zero-order valence-corrected chi connectivity index (χ0v) is 16.9. The van der Waals surface area contributed by atoms with Crippen molar-refractivity contribution in [2.45, 2.75) is 11.7 Å². The fourth-order valence-electron chi connectivity index (χ4n) is 2.77. The molecule has 0 radical (unpaired) electrons. The Labute approximate surface area is 176 Å². The lowest BCUT2D eigenvalue weighted by Crippen LogP contribution is -2.31. The topological polar surface area (TPSA) is 106 Å². The van der Waals surface area contributed by atoms with Gasteiger partial charge in [-0.05, 0) is 30.3 Å². The van der Waals surface area contributed by atoms with Gasteiger partial charge in [0.25, 0.3) is 11.7 Å². The Hall–Kier alpha value is -3.66. The van der Waals surface area contributed by atoms with Gasteiger partial charge in [0.2, 0.25) is 11.1 Å². The van der Waals surface area contributed by atoms with Crippen molar-refractivity contribution in [3.8, 4) is 0 Å². The van der Waals surface area contributed by atoms with Gasteiger partial charge in [-0.3, -0.25) is 9.59 Å². The van der Waals surface area contributed by atoms with Crippen LogP contribution in [0.2, 0.25) is 0 Å². The molecule has 10 heteroatoms. The van der Waals surface area contributed by atoms with Gasteiger partial charge < -0.3 is 14.6 Å². The summed E-state index contributed by atoms with van der Waals surface area (Å²) in [5, 5.41) is 7.53. The van der Waals surface area contributed by atoms with E-state index in [1.54, 1.807) is 72.7 Å². The van der Waals surface area contributed by atoms with Gasteiger partial charge >= 0.3 is 0 Å². The Morgan fingerprint density at radius 1 is 1.20 bits per heavy atom. The zero-order valence-electron chi connectivity index (χ0n) is 16.1. The van der Waals surface area contributed by atoms with E-state index in [0.717, 1.165) is 0 Å². The minimum atomic E-state index is -0.289. The Balaban J connectivity index is 1.42. The fraction of sp³-hybridized carbons (Fsp3) is 0.150. The highest BCUT2D eigenvalue weighted by Crippen LogP contribution is 2.22. The normalized spacial score (nSPS) is 10.8. The highest BCUT2D eigenvalue weighted by atomic mass is 32.2. The maximum absolute atomic E-state index is 12.7. The van der Waals surface area contributed by atoms with Crippen LogP contribution in [0.15, 0.2) is 70.7 Å². The van der Waals surface area contributed by atoms with Gasteiger partial charge in [-0.25, -0.2) is 9.50 Å². The lowest BCUT2D eigenvalue weighted by Gasteiger charge is -2.20. The van der Waals surface area contributed by atoms with E-state index in [9.17, 15) is 9.59 Å². The third kappa shape index (κ3) is 4.33. The summed E-state index contributed by atoms with van der Waals surface area (Å²) in [6, 6.07) is 12.2. The first kappa shape index (κ1) is 19.6. The van der Waals surface area contributed by atoms with Crippen LogP contribution < -0.4 is 10.2 Å². The number of anilines is 1. The monoisotopic (exact) mass is 422 g/mol. The van der Waals surface area contributed by atoms with Crippen molar-refractivity contribution in [2.75, 3.05) is 17.7 Å². The second-order valence-corrected chi connectivity index (χ2v) is 7.22. The average Bonchev–Trinajstić information content (AvgIpc) is 3.44. The van der Waals surface area contributed by atoms with Crippen LogP contribution in [0.4, 0.5) is 5.69 Å². The predicted octanol–water partition coefficient (Wildman–Crippen LogP) is 2.40. The highest BCUT2D eigenvalue weighted by molar-refractivity contribution is 7.99. The van der Waals surface area contributed by atoms with E-state index in [1.807, 2.05) is 0 Å². The molecule has 0 aliphatic heterocycles. The molecule has 0 saturated heterocycles. The van der Waals surface area contributed by atoms with Gasteiger partial charge in [0.1, 0.15) is 5.76 Å². The first-order valence-corrected chi connectivity index (χ1v) is 10.1. The Morgan fingerprint density at radius 2 is 2.07 bits per heavy atom. The van der Waals surface area contributed by atoms with Crippen LogP contribution in [0.1, 0.15) is 16.1 Å². The summed E-state index contributed by atoms with van der Waals surface area (Å²) in [5.41, 5.74) is 0.921. The molecular weight excluding hydrogens is 404 g/mol. The standard InChI is InChI=1S/C20H18N6O3S/c1-25(17(27)13-30-20-23-19-21-9-5-10-26(19)24-20)16-8-3-2-7-15(16)18(28)22-12-14-6-4-11-29-14/h2-11H,12-13H2,1H3,(H,22,28). The average molecular weight is 422 g/mol. The first-order chi connectivity index (χ1) is 14.6. The summed E-state index contributed by atoms with van der Waals surface area (Å²) in [4.78, 5) is 35.2. The van der Waals surface area contributed by atoms with Gasteiger partial charge in [-0.2, -0.15) is 4.98 Å². The van der Waals surface area contributed by atoms with Crippen molar-refractivity contribution in [1.82, 2.24) is 24.9 Å². The van der Waals surface area contributed by atoms with E-state index in [4.69, 9.17) is 4.42 Å². The number of nitrogens with zero attached hydrogens (tertiary/aromatic N) is 5. The molecule has 152 valence electrons. The van der Waals surface area contributed by atoms with Crippen LogP contribution in [-0.4, -0.2) is 44.2 Å². The second kappa shape index (κ2) is 8.78. The predicted molar refractivity (Wildman–Crippen MR) is 111 cm³/mol. The van der Waals surface area contributed by atoms with Crippen molar-refractivity contribution < 1.29 is 14.0 Å². The zero-order chi connectivity index (χ0) is 20.9. The molecule has 1 aromatic carbocycles. The van der Waals surface area contributed by atoms with Gasteiger partial charge in [0.15, 0.2) is 0 Å². The summed E-state index contributed by atoms with van der Waals surface area (Å²) in [6.07, 6.45) is 4.92.